The van der Waals surface area contributed by atoms with Crippen LogP contribution in [-0.4, -0.2) is 13.0 Å². The first-order valence-corrected chi connectivity index (χ1v) is 3.64. The van der Waals surface area contributed by atoms with E-state index in [2.05, 4.69) is 4.84 Å². The van der Waals surface area contributed by atoms with Gasteiger partial charge in [0.25, 0.3) is 5.91 Å². The van der Waals surface area contributed by atoms with Crippen LogP contribution in [0.25, 0.3) is 0 Å². The lowest BCUT2D eigenvalue weighted by molar-refractivity contribution is 0.0538. The average Bonchev–Trinajstić information content (AvgIpc) is 2.11. The van der Waals surface area contributed by atoms with Gasteiger partial charge < -0.3 is 5.73 Å². The molecule has 0 bridgehead atoms. The summed E-state index contributed by atoms with van der Waals surface area (Å²) < 4.78 is 25.3. The summed E-state index contributed by atoms with van der Waals surface area (Å²) in [7, 11) is 1.22. The van der Waals surface area contributed by atoms with Crippen molar-refractivity contribution in [2.24, 2.45) is 0 Å². The van der Waals surface area contributed by atoms with E-state index in [1.165, 1.54) is 7.11 Å². The van der Waals surface area contributed by atoms with Crippen molar-refractivity contribution in [2.75, 3.05) is 12.8 Å². The summed E-state index contributed by atoms with van der Waals surface area (Å²) in [4.78, 5) is 15.4. The minimum atomic E-state index is -1.14. The fourth-order valence-corrected chi connectivity index (χ4v) is 0.907. The van der Waals surface area contributed by atoms with Crippen LogP contribution >= 0.6 is 0 Å². The number of amides is 1. The van der Waals surface area contributed by atoms with E-state index in [0.29, 0.717) is 6.07 Å². The smallest absolute Gasteiger partial charge is 0.277 e. The summed E-state index contributed by atoms with van der Waals surface area (Å²) >= 11 is 0. The molecule has 4 nitrogen and oxygen atoms in total. The van der Waals surface area contributed by atoms with Gasteiger partial charge in [-0.2, -0.15) is 0 Å². The van der Waals surface area contributed by atoms with Gasteiger partial charge >= 0.3 is 0 Å². The second-order valence-electron chi connectivity index (χ2n) is 2.49. The van der Waals surface area contributed by atoms with E-state index in [1.807, 2.05) is 5.48 Å². The molecule has 0 unspecified atom stereocenters. The van der Waals surface area contributed by atoms with E-state index in [9.17, 15) is 13.6 Å². The molecular weight excluding hydrogens is 194 g/mol. The topological polar surface area (TPSA) is 64.3 Å². The summed E-state index contributed by atoms with van der Waals surface area (Å²) in [5, 5.41) is 0. The molecule has 0 saturated heterocycles. The number of carbonyl (C=O) groups is 1. The Bertz CT molecular complexity index is 369. The zero-order valence-electron chi connectivity index (χ0n) is 7.30. The maximum Gasteiger partial charge on any atom is 0.277 e. The Morgan fingerprint density at radius 3 is 2.57 bits per heavy atom. The van der Waals surface area contributed by atoms with E-state index in [-0.39, 0.29) is 11.3 Å². The van der Waals surface area contributed by atoms with Gasteiger partial charge in [0.1, 0.15) is 0 Å². The number of nitrogen functional groups attached to an aromatic ring is 1. The average molecular weight is 202 g/mol. The molecule has 0 fully saturated rings. The molecule has 1 aromatic rings. The van der Waals surface area contributed by atoms with Crippen LogP contribution in [0.15, 0.2) is 12.1 Å². The van der Waals surface area contributed by atoms with Crippen LogP contribution in [0.3, 0.4) is 0 Å². The van der Waals surface area contributed by atoms with E-state index >= 15 is 0 Å². The first-order valence-electron chi connectivity index (χ1n) is 3.64. The fourth-order valence-electron chi connectivity index (χ4n) is 0.907. The van der Waals surface area contributed by atoms with Gasteiger partial charge in [-0.05, 0) is 6.07 Å². The van der Waals surface area contributed by atoms with Gasteiger partial charge in [0.15, 0.2) is 11.6 Å². The second kappa shape index (κ2) is 4.01. The molecule has 76 valence electrons. The van der Waals surface area contributed by atoms with Crippen molar-refractivity contribution in [2.45, 2.75) is 0 Å². The maximum absolute atomic E-state index is 12.7. The predicted molar refractivity (Wildman–Crippen MR) is 45.2 cm³/mol. The molecule has 0 spiro atoms. The number of carbonyl (C=O) groups excluding carboxylic acids is 1. The zero-order chi connectivity index (χ0) is 10.7. The molecular formula is C8H8F2N2O2. The SMILES string of the molecule is CONC(=O)c1cc(F)c(F)cc1N. The molecule has 1 aromatic carbocycles. The van der Waals surface area contributed by atoms with Crippen LogP contribution in [0.1, 0.15) is 10.4 Å². The van der Waals surface area contributed by atoms with E-state index in [0.717, 1.165) is 6.07 Å². The molecule has 1 rings (SSSR count). The van der Waals surface area contributed by atoms with Crippen molar-refractivity contribution < 1.29 is 18.4 Å². The molecule has 0 saturated carbocycles. The molecule has 1 amide bonds. The van der Waals surface area contributed by atoms with Crippen LogP contribution in [0, 0.1) is 11.6 Å². The summed E-state index contributed by atoms with van der Waals surface area (Å²) in [5.41, 5.74) is 6.91. The van der Waals surface area contributed by atoms with E-state index in [1.54, 1.807) is 0 Å². The first-order chi connectivity index (χ1) is 6.56. The molecule has 14 heavy (non-hydrogen) atoms. The normalized spacial score (nSPS) is 9.93. The van der Waals surface area contributed by atoms with Crippen molar-refractivity contribution in [3.05, 3.63) is 29.3 Å². The fraction of sp³-hybridized carbons (Fsp3) is 0.125. The number of nitrogens with one attached hydrogen (secondary N) is 1. The molecule has 0 radical (unpaired) electrons. The largest absolute Gasteiger partial charge is 0.398 e. The third kappa shape index (κ3) is 1.97. The Morgan fingerprint density at radius 2 is 2.00 bits per heavy atom. The van der Waals surface area contributed by atoms with E-state index in [4.69, 9.17) is 5.73 Å². The molecule has 0 atom stereocenters. The Hall–Kier alpha value is -1.69. The monoisotopic (exact) mass is 202 g/mol. The highest BCUT2D eigenvalue weighted by molar-refractivity contribution is 5.98. The number of hydrogen-bond acceptors (Lipinski definition) is 3. The van der Waals surface area contributed by atoms with Gasteiger partial charge in [-0.25, -0.2) is 14.3 Å². The molecule has 0 aliphatic rings. The van der Waals surface area contributed by atoms with Gasteiger partial charge in [0.2, 0.25) is 0 Å². The minimum Gasteiger partial charge on any atom is -0.398 e. The Kier molecular flexibility index (Phi) is 2.98. The van der Waals surface area contributed by atoms with Gasteiger partial charge in [0, 0.05) is 11.8 Å². The molecule has 3 N–H and O–H groups in total. The number of hydroxylamine groups is 1. The van der Waals surface area contributed by atoms with Crippen molar-refractivity contribution in [1.29, 1.82) is 0 Å². The zero-order valence-corrected chi connectivity index (χ0v) is 7.30. The maximum atomic E-state index is 12.7. The lowest BCUT2D eigenvalue weighted by Gasteiger charge is -2.05. The highest BCUT2D eigenvalue weighted by Crippen LogP contribution is 2.16. The van der Waals surface area contributed by atoms with Crippen molar-refractivity contribution >= 4 is 11.6 Å². The molecule has 6 heteroatoms. The third-order valence-corrected chi connectivity index (χ3v) is 1.53. The van der Waals surface area contributed by atoms with Gasteiger partial charge in [-0.3, -0.25) is 9.63 Å². The van der Waals surface area contributed by atoms with Gasteiger partial charge in [-0.1, -0.05) is 0 Å². The van der Waals surface area contributed by atoms with Gasteiger partial charge in [0.05, 0.1) is 12.7 Å². The van der Waals surface area contributed by atoms with Crippen LogP contribution in [0.4, 0.5) is 14.5 Å². The van der Waals surface area contributed by atoms with Crippen LogP contribution in [-0.2, 0) is 4.84 Å². The summed E-state index contributed by atoms with van der Waals surface area (Å²) in [6.07, 6.45) is 0. The molecule has 0 aliphatic carbocycles. The Morgan fingerprint density at radius 1 is 1.43 bits per heavy atom. The highest BCUT2D eigenvalue weighted by atomic mass is 19.2. The Labute approximate surface area is 78.6 Å². The van der Waals surface area contributed by atoms with Crippen molar-refractivity contribution in [3.8, 4) is 0 Å². The summed E-state index contributed by atoms with van der Waals surface area (Å²) in [5.74, 6) is -2.97. The minimum absolute atomic E-state index is 0.154. The lowest BCUT2D eigenvalue weighted by Crippen LogP contribution is -2.23. The van der Waals surface area contributed by atoms with Crippen molar-refractivity contribution in [3.63, 3.8) is 0 Å². The second-order valence-corrected chi connectivity index (χ2v) is 2.49. The number of hydrogen-bond donors (Lipinski definition) is 2. The number of nitrogens with two attached hydrogens (primary N) is 1. The van der Waals surface area contributed by atoms with Crippen molar-refractivity contribution in [1.82, 2.24) is 5.48 Å². The van der Waals surface area contributed by atoms with Crippen LogP contribution in [0.2, 0.25) is 0 Å². The van der Waals surface area contributed by atoms with Gasteiger partial charge in [-0.15, -0.1) is 0 Å². The predicted octanol–water partition coefficient (Wildman–Crippen LogP) is 0.838. The Balaban J connectivity index is 3.09. The number of benzene rings is 1. The molecule has 0 aliphatic heterocycles. The first kappa shape index (κ1) is 10.4. The molecule has 0 heterocycles. The molecule has 0 aromatic heterocycles. The number of halogens is 2. The number of anilines is 1. The van der Waals surface area contributed by atoms with Crippen LogP contribution in [0.5, 0.6) is 0 Å². The van der Waals surface area contributed by atoms with E-state index < -0.39 is 17.5 Å². The highest BCUT2D eigenvalue weighted by Gasteiger charge is 2.13. The standard InChI is InChI=1S/C8H8F2N2O2/c1-14-12-8(13)4-2-5(9)6(10)3-7(4)11/h2-3H,11H2,1H3,(H,12,13). The summed E-state index contributed by atoms with van der Waals surface area (Å²) in [6, 6.07) is 1.44. The number of rotatable bonds is 2. The van der Waals surface area contributed by atoms with Crippen LogP contribution < -0.4 is 11.2 Å². The quantitative estimate of drug-likeness (QED) is 0.551. The summed E-state index contributed by atoms with van der Waals surface area (Å²) in [6.45, 7) is 0. The lowest BCUT2D eigenvalue weighted by atomic mass is 10.1. The third-order valence-electron chi connectivity index (χ3n) is 1.53.